The van der Waals surface area contributed by atoms with E-state index in [9.17, 15) is 8.42 Å². The van der Waals surface area contributed by atoms with Crippen LogP contribution >= 0.6 is 27.5 Å². The summed E-state index contributed by atoms with van der Waals surface area (Å²) in [7, 11) is -0.664. The molecule has 0 bridgehead atoms. The van der Waals surface area contributed by atoms with Gasteiger partial charge in [-0.25, -0.2) is 13.1 Å². The molecule has 0 atom stereocenters. The highest BCUT2D eigenvalue weighted by atomic mass is 79.9. The molecule has 0 heterocycles. The molecule has 0 aliphatic heterocycles. The molecule has 2 aromatic rings. The van der Waals surface area contributed by atoms with Crippen molar-refractivity contribution in [1.82, 2.24) is 4.72 Å². The molecule has 2 rings (SSSR count). The van der Waals surface area contributed by atoms with Crippen molar-refractivity contribution in [3.63, 3.8) is 0 Å². The minimum absolute atomic E-state index is 0.140. The summed E-state index contributed by atoms with van der Waals surface area (Å²) in [6, 6.07) is 10.5. The minimum atomic E-state index is -3.71. The molecule has 0 radical (unpaired) electrons. The van der Waals surface area contributed by atoms with Gasteiger partial charge in [-0.15, -0.1) is 0 Å². The summed E-state index contributed by atoms with van der Waals surface area (Å²) in [4.78, 5) is 0.213. The molecule has 142 valence electrons. The topological polar surface area (TPSA) is 64.6 Å². The Morgan fingerprint density at radius 1 is 1.15 bits per heavy atom. The van der Waals surface area contributed by atoms with Gasteiger partial charge in [-0.3, -0.25) is 0 Å². The number of aryl methyl sites for hydroxylation is 1. The van der Waals surface area contributed by atoms with Crippen LogP contribution in [0.2, 0.25) is 5.02 Å². The maximum Gasteiger partial charge on any atom is 0.241 e. The summed E-state index contributed by atoms with van der Waals surface area (Å²) >= 11 is 9.38. The summed E-state index contributed by atoms with van der Waals surface area (Å²) in [6.45, 7) is 2.05. The van der Waals surface area contributed by atoms with E-state index in [2.05, 4.69) is 20.7 Å². The van der Waals surface area contributed by atoms with Crippen molar-refractivity contribution in [3.8, 4) is 0 Å². The van der Waals surface area contributed by atoms with E-state index in [1.807, 2.05) is 13.0 Å². The van der Waals surface area contributed by atoms with Crippen LogP contribution in [0.3, 0.4) is 0 Å². The van der Waals surface area contributed by atoms with Crippen LogP contribution in [-0.2, 0) is 32.5 Å². The number of hydrogen-bond acceptors (Lipinski definition) is 4. The first-order valence-electron chi connectivity index (χ1n) is 7.85. The Morgan fingerprint density at radius 2 is 1.85 bits per heavy atom. The van der Waals surface area contributed by atoms with E-state index in [-0.39, 0.29) is 11.4 Å². The lowest BCUT2D eigenvalue weighted by Gasteiger charge is -2.17. The van der Waals surface area contributed by atoms with E-state index in [1.165, 1.54) is 14.2 Å². The summed E-state index contributed by atoms with van der Waals surface area (Å²) in [5.41, 5.74) is 2.37. The molecule has 26 heavy (non-hydrogen) atoms. The first kappa shape index (κ1) is 21.3. The zero-order valence-electron chi connectivity index (χ0n) is 14.8. The quantitative estimate of drug-likeness (QED) is 0.601. The van der Waals surface area contributed by atoms with Crippen molar-refractivity contribution in [2.75, 3.05) is 14.2 Å². The normalized spacial score (nSPS) is 11.9. The maximum atomic E-state index is 12.8. The molecule has 0 aliphatic rings. The number of ether oxygens (including phenoxy) is 2. The Hall–Kier alpha value is -0.960. The second-order valence-electron chi connectivity index (χ2n) is 5.79. The molecule has 0 amide bonds. The fraction of sp³-hybridized carbons (Fsp3) is 0.333. The van der Waals surface area contributed by atoms with Crippen molar-refractivity contribution >= 4 is 37.6 Å². The van der Waals surface area contributed by atoms with Crippen LogP contribution in [-0.4, -0.2) is 28.9 Å². The summed E-state index contributed by atoms with van der Waals surface area (Å²) in [5, 5.41) is 0.528. The van der Waals surface area contributed by atoms with Crippen LogP contribution in [0.4, 0.5) is 0 Å². The number of rotatable bonds is 8. The monoisotopic (exact) mass is 461 g/mol. The molecule has 8 heteroatoms. The summed E-state index contributed by atoms with van der Waals surface area (Å²) < 4.78 is 39.4. The van der Waals surface area contributed by atoms with Crippen LogP contribution in [0, 0.1) is 6.92 Å². The van der Waals surface area contributed by atoms with Gasteiger partial charge in [0.25, 0.3) is 0 Å². The Balaban J connectivity index is 2.25. The van der Waals surface area contributed by atoms with E-state index < -0.39 is 16.3 Å². The Kier molecular flexibility index (Phi) is 7.63. The van der Waals surface area contributed by atoms with Crippen LogP contribution in [0.1, 0.15) is 16.7 Å². The number of nitrogens with one attached hydrogen (secondary N) is 1. The van der Waals surface area contributed by atoms with Gasteiger partial charge in [0.1, 0.15) is 0 Å². The van der Waals surface area contributed by atoms with Gasteiger partial charge in [-0.2, -0.15) is 0 Å². The van der Waals surface area contributed by atoms with Gasteiger partial charge in [0.2, 0.25) is 10.0 Å². The van der Waals surface area contributed by atoms with Crippen LogP contribution in [0.15, 0.2) is 45.8 Å². The van der Waals surface area contributed by atoms with E-state index in [1.54, 1.807) is 30.3 Å². The van der Waals surface area contributed by atoms with E-state index >= 15 is 0 Å². The average molecular weight is 463 g/mol. The lowest BCUT2D eigenvalue weighted by atomic mass is 10.1. The summed E-state index contributed by atoms with van der Waals surface area (Å²) in [6.07, 6.45) is -0.189. The molecule has 0 saturated carbocycles. The maximum absolute atomic E-state index is 12.8. The first-order chi connectivity index (χ1) is 12.3. The van der Waals surface area contributed by atoms with Crippen molar-refractivity contribution in [3.05, 3.63) is 62.6 Å². The number of sulfonamides is 1. The molecule has 0 spiro atoms. The zero-order chi connectivity index (χ0) is 19.3. The third-order valence-corrected chi connectivity index (χ3v) is 6.60. The Bertz CT molecular complexity index is 869. The van der Waals surface area contributed by atoms with Gasteiger partial charge >= 0.3 is 0 Å². The zero-order valence-corrected chi connectivity index (χ0v) is 17.9. The van der Waals surface area contributed by atoms with Crippen molar-refractivity contribution in [2.24, 2.45) is 0 Å². The highest BCUT2D eigenvalue weighted by Crippen LogP contribution is 2.24. The molecular weight excluding hydrogens is 442 g/mol. The molecule has 0 unspecified atom stereocenters. The molecule has 0 aliphatic carbocycles. The number of benzene rings is 2. The molecule has 0 aromatic heterocycles. The highest BCUT2D eigenvalue weighted by molar-refractivity contribution is 9.10. The fourth-order valence-electron chi connectivity index (χ4n) is 2.48. The predicted octanol–water partition coefficient (Wildman–Crippen LogP) is 4.05. The van der Waals surface area contributed by atoms with Gasteiger partial charge in [-0.05, 0) is 52.2 Å². The molecule has 2 aromatic carbocycles. The second-order valence-corrected chi connectivity index (χ2v) is 8.79. The molecular formula is C18H21BrClNO4S. The molecule has 0 saturated heterocycles. The van der Waals surface area contributed by atoms with Crippen LogP contribution in [0.5, 0.6) is 0 Å². The van der Waals surface area contributed by atoms with Crippen molar-refractivity contribution in [2.45, 2.75) is 31.1 Å². The standard InChI is InChI=1S/C18H21BrClNO4S/c1-12-4-7-17(14(8-12)10-18(24-2)25-3)26(22,23)21-11-13-5-6-15(19)16(20)9-13/h4-9,18,21H,10-11H2,1-3H3. The Labute approximate surface area is 167 Å². The van der Waals surface area contributed by atoms with E-state index in [4.69, 9.17) is 21.1 Å². The summed E-state index contributed by atoms with van der Waals surface area (Å²) in [5.74, 6) is 0. The smallest absolute Gasteiger partial charge is 0.241 e. The van der Waals surface area contributed by atoms with Crippen LogP contribution < -0.4 is 4.72 Å². The van der Waals surface area contributed by atoms with Gasteiger partial charge in [-0.1, -0.05) is 35.4 Å². The minimum Gasteiger partial charge on any atom is -0.356 e. The van der Waals surface area contributed by atoms with E-state index in [0.29, 0.717) is 17.0 Å². The first-order valence-corrected chi connectivity index (χ1v) is 10.5. The third kappa shape index (κ3) is 5.52. The van der Waals surface area contributed by atoms with Gasteiger partial charge in [0.15, 0.2) is 6.29 Å². The molecule has 5 nitrogen and oxygen atoms in total. The predicted molar refractivity (Wildman–Crippen MR) is 106 cm³/mol. The fourth-order valence-corrected chi connectivity index (χ4v) is 4.17. The molecule has 1 N–H and O–H groups in total. The van der Waals surface area contributed by atoms with Crippen LogP contribution in [0.25, 0.3) is 0 Å². The van der Waals surface area contributed by atoms with Gasteiger partial charge < -0.3 is 9.47 Å². The average Bonchev–Trinajstić information content (AvgIpc) is 2.60. The van der Waals surface area contributed by atoms with E-state index in [0.717, 1.165) is 15.6 Å². The number of methoxy groups -OCH3 is 2. The highest BCUT2D eigenvalue weighted by Gasteiger charge is 2.21. The SMILES string of the molecule is COC(Cc1cc(C)ccc1S(=O)(=O)NCc1ccc(Br)c(Cl)c1)OC. The lowest BCUT2D eigenvalue weighted by molar-refractivity contribution is -0.101. The Morgan fingerprint density at radius 3 is 2.46 bits per heavy atom. The third-order valence-electron chi connectivity index (χ3n) is 3.87. The van der Waals surface area contributed by atoms with Gasteiger partial charge in [0, 0.05) is 31.7 Å². The largest absolute Gasteiger partial charge is 0.356 e. The van der Waals surface area contributed by atoms with Crippen molar-refractivity contribution < 1.29 is 17.9 Å². The van der Waals surface area contributed by atoms with Crippen molar-refractivity contribution in [1.29, 1.82) is 0 Å². The molecule has 0 fully saturated rings. The number of hydrogen-bond donors (Lipinski definition) is 1. The van der Waals surface area contributed by atoms with Gasteiger partial charge in [0.05, 0.1) is 9.92 Å². The second kappa shape index (κ2) is 9.30. The number of halogens is 2. The lowest BCUT2D eigenvalue weighted by Crippen LogP contribution is -2.26.